The molecule has 0 fully saturated rings. The standard InChI is InChI=1S/C19H19NO3/c1-13-6-4-5-7-15(13)10-11-18(21)20-17-12-16(19(22)23-3)9-8-14(17)2/h4-12H,1-3H3,(H,20,21)/b11-10+. The van der Waals surface area contributed by atoms with Gasteiger partial charge in [-0.3, -0.25) is 4.79 Å². The van der Waals surface area contributed by atoms with Gasteiger partial charge in [0.1, 0.15) is 0 Å². The van der Waals surface area contributed by atoms with Crippen LogP contribution in [0, 0.1) is 13.8 Å². The molecule has 0 radical (unpaired) electrons. The normalized spacial score (nSPS) is 10.6. The van der Waals surface area contributed by atoms with E-state index in [0.29, 0.717) is 11.3 Å². The zero-order chi connectivity index (χ0) is 16.8. The van der Waals surface area contributed by atoms with Crippen molar-refractivity contribution in [2.45, 2.75) is 13.8 Å². The van der Waals surface area contributed by atoms with E-state index in [1.165, 1.54) is 13.2 Å². The fraction of sp³-hybridized carbons (Fsp3) is 0.158. The molecule has 0 unspecified atom stereocenters. The van der Waals surface area contributed by atoms with E-state index in [-0.39, 0.29) is 5.91 Å². The molecule has 1 N–H and O–H groups in total. The predicted octanol–water partition coefficient (Wildman–Crippen LogP) is 3.74. The van der Waals surface area contributed by atoms with E-state index in [1.54, 1.807) is 24.3 Å². The molecule has 2 aromatic carbocycles. The highest BCUT2D eigenvalue weighted by Gasteiger charge is 2.09. The molecular formula is C19H19NO3. The SMILES string of the molecule is COC(=O)c1ccc(C)c(NC(=O)/C=C/c2ccccc2C)c1. The quantitative estimate of drug-likeness (QED) is 0.691. The molecule has 0 spiro atoms. The Balaban J connectivity index is 2.14. The largest absolute Gasteiger partial charge is 0.465 e. The number of esters is 1. The van der Waals surface area contributed by atoms with Crippen molar-refractivity contribution >= 4 is 23.6 Å². The molecule has 118 valence electrons. The number of methoxy groups -OCH3 is 1. The number of carbonyl (C=O) groups excluding carboxylic acids is 2. The van der Waals surface area contributed by atoms with Crippen LogP contribution >= 0.6 is 0 Å². The first-order valence-corrected chi connectivity index (χ1v) is 7.25. The Morgan fingerprint density at radius 1 is 1.04 bits per heavy atom. The molecule has 2 rings (SSSR count). The van der Waals surface area contributed by atoms with Crippen LogP contribution in [0.15, 0.2) is 48.5 Å². The van der Waals surface area contributed by atoms with Gasteiger partial charge in [-0.2, -0.15) is 0 Å². The molecule has 2 aromatic rings. The van der Waals surface area contributed by atoms with E-state index >= 15 is 0 Å². The van der Waals surface area contributed by atoms with Gasteiger partial charge in [0.2, 0.25) is 5.91 Å². The topological polar surface area (TPSA) is 55.4 Å². The van der Waals surface area contributed by atoms with Crippen molar-refractivity contribution in [2.24, 2.45) is 0 Å². The third-order valence-corrected chi connectivity index (χ3v) is 3.52. The van der Waals surface area contributed by atoms with Gasteiger partial charge in [0, 0.05) is 11.8 Å². The first-order chi connectivity index (χ1) is 11.0. The van der Waals surface area contributed by atoms with Crippen molar-refractivity contribution in [3.05, 3.63) is 70.8 Å². The molecule has 4 nitrogen and oxygen atoms in total. The summed E-state index contributed by atoms with van der Waals surface area (Å²) in [6, 6.07) is 12.9. The molecule has 1 amide bonds. The molecule has 0 aliphatic heterocycles. The monoisotopic (exact) mass is 309 g/mol. The summed E-state index contributed by atoms with van der Waals surface area (Å²) in [5.41, 5.74) is 3.95. The summed E-state index contributed by atoms with van der Waals surface area (Å²) < 4.78 is 4.69. The summed E-state index contributed by atoms with van der Waals surface area (Å²) in [6.07, 6.45) is 3.25. The number of hydrogen-bond acceptors (Lipinski definition) is 3. The van der Waals surface area contributed by atoms with Crippen LogP contribution in [0.1, 0.15) is 27.0 Å². The summed E-state index contributed by atoms with van der Waals surface area (Å²) in [7, 11) is 1.32. The first kappa shape index (κ1) is 16.5. The summed E-state index contributed by atoms with van der Waals surface area (Å²) >= 11 is 0. The molecule has 4 heteroatoms. The van der Waals surface area contributed by atoms with Gasteiger partial charge in [-0.1, -0.05) is 30.3 Å². The van der Waals surface area contributed by atoms with Crippen LogP contribution in [0.2, 0.25) is 0 Å². The highest BCUT2D eigenvalue weighted by atomic mass is 16.5. The molecule has 0 saturated heterocycles. The molecule has 0 heterocycles. The fourth-order valence-corrected chi connectivity index (χ4v) is 2.12. The van der Waals surface area contributed by atoms with Crippen molar-refractivity contribution in [1.29, 1.82) is 0 Å². The first-order valence-electron chi connectivity index (χ1n) is 7.25. The number of anilines is 1. The van der Waals surface area contributed by atoms with Crippen LogP contribution in [-0.2, 0) is 9.53 Å². The summed E-state index contributed by atoms with van der Waals surface area (Å²) in [5, 5.41) is 2.79. The van der Waals surface area contributed by atoms with Gasteiger partial charge < -0.3 is 10.1 Å². The Hall–Kier alpha value is -2.88. The smallest absolute Gasteiger partial charge is 0.337 e. The van der Waals surface area contributed by atoms with Crippen LogP contribution in [0.25, 0.3) is 6.08 Å². The lowest BCUT2D eigenvalue weighted by molar-refractivity contribution is -0.111. The number of carbonyl (C=O) groups is 2. The van der Waals surface area contributed by atoms with Gasteiger partial charge in [-0.15, -0.1) is 0 Å². The second kappa shape index (κ2) is 7.40. The number of ether oxygens (including phenoxy) is 1. The number of amides is 1. The molecule has 0 atom stereocenters. The Morgan fingerprint density at radius 2 is 1.78 bits per heavy atom. The fourth-order valence-electron chi connectivity index (χ4n) is 2.12. The molecule has 0 aliphatic carbocycles. The minimum absolute atomic E-state index is 0.252. The van der Waals surface area contributed by atoms with E-state index < -0.39 is 5.97 Å². The lowest BCUT2D eigenvalue weighted by Crippen LogP contribution is -2.10. The van der Waals surface area contributed by atoms with Gasteiger partial charge in [-0.25, -0.2) is 4.79 Å². The lowest BCUT2D eigenvalue weighted by atomic mass is 10.1. The van der Waals surface area contributed by atoms with E-state index in [2.05, 4.69) is 10.1 Å². The van der Waals surface area contributed by atoms with Crippen LogP contribution in [0.3, 0.4) is 0 Å². The second-order valence-corrected chi connectivity index (χ2v) is 5.20. The van der Waals surface area contributed by atoms with Crippen molar-refractivity contribution in [1.82, 2.24) is 0 Å². The number of hydrogen-bond donors (Lipinski definition) is 1. The number of benzene rings is 2. The average molecular weight is 309 g/mol. The zero-order valence-corrected chi connectivity index (χ0v) is 13.4. The molecular weight excluding hydrogens is 290 g/mol. The summed E-state index contributed by atoms with van der Waals surface area (Å²) in [5.74, 6) is -0.686. The maximum absolute atomic E-state index is 12.1. The van der Waals surface area contributed by atoms with Gasteiger partial charge in [0.25, 0.3) is 0 Å². The minimum Gasteiger partial charge on any atom is -0.465 e. The second-order valence-electron chi connectivity index (χ2n) is 5.20. The Bertz CT molecular complexity index is 763. The van der Waals surface area contributed by atoms with Crippen molar-refractivity contribution in [3.63, 3.8) is 0 Å². The van der Waals surface area contributed by atoms with Crippen LogP contribution in [0.5, 0.6) is 0 Å². The minimum atomic E-state index is -0.434. The van der Waals surface area contributed by atoms with E-state index in [9.17, 15) is 9.59 Å². The van der Waals surface area contributed by atoms with Crippen molar-refractivity contribution in [2.75, 3.05) is 12.4 Å². The van der Waals surface area contributed by atoms with Crippen LogP contribution < -0.4 is 5.32 Å². The lowest BCUT2D eigenvalue weighted by Gasteiger charge is -2.08. The maximum atomic E-state index is 12.1. The summed E-state index contributed by atoms with van der Waals surface area (Å²) in [6.45, 7) is 3.85. The molecule has 0 bridgehead atoms. The molecule has 0 aliphatic rings. The number of nitrogens with one attached hydrogen (secondary N) is 1. The van der Waals surface area contributed by atoms with Crippen LogP contribution in [0.4, 0.5) is 5.69 Å². The third-order valence-electron chi connectivity index (χ3n) is 3.52. The summed E-state index contributed by atoms with van der Waals surface area (Å²) in [4.78, 5) is 23.6. The van der Waals surface area contributed by atoms with E-state index in [0.717, 1.165) is 16.7 Å². The zero-order valence-electron chi connectivity index (χ0n) is 13.4. The van der Waals surface area contributed by atoms with E-state index in [1.807, 2.05) is 38.1 Å². The van der Waals surface area contributed by atoms with Crippen LogP contribution in [-0.4, -0.2) is 19.0 Å². The van der Waals surface area contributed by atoms with Gasteiger partial charge in [0.15, 0.2) is 0 Å². The highest BCUT2D eigenvalue weighted by molar-refractivity contribution is 6.03. The number of aryl methyl sites for hydroxylation is 2. The van der Waals surface area contributed by atoms with Gasteiger partial charge >= 0.3 is 5.97 Å². The third kappa shape index (κ3) is 4.30. The number of rotatable bonds is 4. The molecule has 0 saturated carbocycles. The van der Waals surface area contributed by atoms with Crippen molar-refractivity contribution in [3.8, 4) is 0 Å². The Kier molecular flexibility index (Phi) is 5.31. The van der Waals surface area contributed by atoms with Gasteiger partial charge in [-0.05, 0) is 48.7 Å². The highest BCUT2D eigenvalue weighted by Crippen LogP contribution is 2.18. The van der Waals surface area contributed by atoms with E-state index in [4.69, 9.17) is 0 Å². The predicted molar refractivity (Wildman–Crippen MR) is 91.4 cm³/mol. The van der Waals surface area contributed by atoms with Crippen molar-refractivity contribution < 1.29 is 14.3 Å². The maximum Gasteiger partial charge on any atom is 0.337 e. The van der Waals surface area contributed by atoms with Gasteiger partial charge in [0.05, 0.1) is 12.7 Å². The Morgan fingerprint density at radius 3 is 2.48 bits per heavy atom. The molecule has 0 aromatic heterocycles. The Labute approximate surface area is 135 Å². The molecule has 23 heavy (non-hydrogen) atoms. The average Bonchev–Trinajstić information content (AvgIpc) is 2.55.